The lowest BCUT2D eigenvalue weighted by atomic mass is 9.96. The van der Waals surface area contributed by atoms with E-state index in [9.17, 15) is 19.6 Å². The van der Waals surface area contributed by atoms with Crippen molar-refractivity contribution in [3.05, 3.63) is 18.1 Å². The van der Waals surface area contributed by atoms with E-state index in [2.05, 4.69) is 26.5 Å². The lowest BCUT2D eigenvalue weighted by molar-refractivity contribution is -0.115. The summed E-state index contributed by atoms with van der Waals surface area (Å²) in [4.78, 5) is 36.4. The van der Waals surface area contributed by atoms with Crippen molar-refractivity contribution in [3.8, 4) is 12.0 Å². The number of carbonyl (C=O) groups is 1. The molecule has 14 nitrogen and oxygen atoms in total. The number of nitrogens with two attached hydrogens (primary N) is 2. The van der Waals surface area contributed by atoms with E-state index in [0.29, 0.717) is 11.4 Å². The molecule has 1 aliphatic heterocycles. The summed E-state index contributed by atoms with van der Waals surface area (Å²) >= 11 is 0. The molecular formula is C15H19N6O8P. The van der Waals surface area contributed by atoms with Gasteiger partial charge in [-0.2, -0.15) is 0 Å². The fraction of sp³-hybridized carbons (Fsp3) is 0.400. The van der Waals surface area contributed by atoms with Crippen molar-refractivity contribution in [2.24, 2.45) is 5.84 Å². The molecule has 1 aliphatic rings. The summed E-state index contributed by atoms with van der Waals surface area (Å²) < 4.78 is 22.3. The standard InChI is InChI=1S/C15H19N6O8P/c1-15(24)11(23)9(5-28-30(25,26)27)29-14(15)21-4-8(2-3-20(17)7-22)10-12(16)18-6-19-13(10)21/h4,6-7,9,11,14,23-24H,5,17H2,1H3,(H2,16,18,19)(H2,25,26,27)/t9-,11-,14-,15-/m1/s1. The van der Waals surface area contributed by atoms with Crippen molar-refractivity contribution in [1.29, 1.82) is 0 Å². The van der Waals surface area contributed by atoms with E-state index in [-0.39, 0.29) is 22.4 Å². The second-order valence-corrected chi connectivity index (χ2v) is 7.88. The van der Waals surface area contributed by atoms with Gasteiger partial charge in [0.05, 0.1) is 17.6 Å². The van der Waals surface area contributed by atoms with Crippen LogP contribution < -0.4 is 11.6 Å². The molecule has 4 atom stereocenters. The Bertz CT molecular complexity index is 1070. The molecule has 0 spiro atoms. The number of aromatic nitrogens is 3. The minimum Gasteiger partial charge on any atom is -0.387 e. The Hall–Kier alpha value is -2.60. The first-order valence-electron chi connectivity index (χ1n) is 8.33. The molecule has 2 aromatic rings. The van der Waals surface area contributed by atoms with Gasteiger partial charge < -0.3 is 35.0 Å². The zero-order valence-corrected chi connectivity index (χ0v) is 16.4. The maximum absolute atomic E-state index is 11.0. The van der Waals surface area contributed by atoms with Gasteiger partial charge in [0.1, 0.15) is 35.6 Å². The van der Waals surface area contributed by atoms with Crippen molar-refractivity contribution < 1.29 is 38.6 Å². The van der Waals surface area contributed by atoms with E-state index in [0.717, 1.165) is 0 Å². The van der Waals surface area contributed by atoms with Crippen molar-refractivity contribution >= 4 is 31.1 Å². The number of hydrogen-bond donors (Lipinski definition) is 6. The van der Waals surface area contributed by atoms with Crippen LogP contribution in [0.15, 0.2) is 12.5 Å². The predicted octanol–water partition coefficient (Wildman–Crippen LogP) is -2.23. The van der Waals surface area contributed by atoms with Gasteiger partial charge in [0.2, 0.25) is 6.41 Å². The lowest BCUT2D eigenvalue weighted by Gasteiger charge is -2.27. The Labute approximate surface area is 169 Å². The Morgan fingerprint density at radius 1 is 1.50 bits per heavy atom. The average molecular weight is 442 g/mol. The number of phosphoric ester groups is 1. The van der Waals surface area contributed by atoms with Crippen molar-refractivity contribution in [2.45, 2.75) is 31.0 Å². The molecule has 0 unspecified atom stereocenters. The predicted molar refractivity (Wildman–Crippen MR) is 99.4 cm³/mol. The Balaban J connectivity index is 2.05. The number of hydrazine groups is 1. The fourth-order valence-corrected chi connectivity index (χ4v) is 3.42. The zero-order valence-electron chi connectivity index (χ0n) is 15.5. The number of aliphatic hydroxyl groups excluding tert-OH is 1. The van der Waals surface area contributed by atoms with Crippen LogP contribution in [-0.2, 0) is 18.6 Å². The number of hydrogen-bond acceptors (Lipinski definition) is 10. The molecule has 15 heteroatoms. The van der Waals surface area contributed by atoms with Crippen LogP contribution in [0.3, 0.4) is 0 Å². The van der Waals surface area contributed by atoms with E-state index in [4.69, 9.17) is 26.1 Å². The van der Waals surface area contributed by atoms with Gasteiger partial charge in [0, 0.05) is 12.2 Å². The molecule has 0 bridgehead atoms. The van der Waals surface area contributed by atoms with Gasteiger partial charge in [-0.1, -0.05) is 0 Å². The highest BCUT2D eigenvalue weighted by atomic mass is 31.2. The Morgan fingerprint density at radius 3 is 2.83 bits per heavy atom. The maximum atomic E-state index is 11.0. The van der Waals surface area contributed by atoms with Gasteiger partial charge >= 0.3 is 7.82 Å². The second kappa shape index (κ2) is 7.91. The topological polar surface area (TPSA) is 220 Å². The van der Waals surface area contributed by atoms with Crippen molar-refractivity contribution in [1.82, 2.24) is 19.5 Å². The van der Waals surface area contributed by atoms with Gasteiger partial charge in [-0.3, -0.25) is 9.32 Å². The number of nitrogens with zero attached hydrogens (tertiary/aromatic N) is 4. The molecule has 3 rings (SSSR count). The molecule has 0 aliphatic carbocycles. The third kappa shape index (κ3) is 4.15. The minimum absolute atomic E-state index is 0.0531. The van der Waals surface area contributed by atoms with Crippen molar-refractivity contribution in [3.63, 3.8) is 0 Å². The van der Waals surface area contributed by atoms with Crippen molar-refractivity contribution in [2.75, 3.05) is 12.3 Å². The van der Waals surface area contributed by atoms with Gasteiger partial charge in [0.15, 0.2) is 6.23 Å². The number of amides is 1. The van der Waals surface area contributed by atoms with E-state index in [1.54, 1.807) is 0 Å². The molecular weight excluding hydrogens is 423 g/mol. The van der Waals surface area contributed by atoms with Crippen LogP contribution in [0.5, 0.6) is 0 Å². The van der Waals surface area contributed by atoms with Crippen LogP contribution >= 0.6 is 7.82 Å². The summed E-state index contributed by atoms with van der Waals surface area (Å²) in [5.41, 5.74) is 4.45. The highest BCUT2D eigenvalue weighted by Crippen LogP contribution is 2.43. The number of nitrogen functional groups attached to an aromatic ring is 1. The number of fused-ring (bicyclic) bond motifs is 1. The van der Waals surface area contributed by atoms with Crippen LogP contribution in [-0.4, -0.2) is 70.4 Å². The molecule has 1 fully saturated rings. The van der Waals surface area contributed by atoms with E-state index in [1.165, 1.54) is 24.0 Å². The summed E-state index contributed by atoms with van der Waals surface area (Å²) in [5.74, 6) is 8.01. The molecule has 1 saturated heterocycles. The third-order valence-electron chi connectivity index (χ3n) is 4.49. The molecule has 8 N–H and O–H groups in total. The fourth-order valence-electron chi connectivity index (χ4n) is 3.08. The SMILES string of the molecule is C[C@@]1(O)[C@H](O)[C@@H](COP(=O)(O)O)O[C@H]1n1cc(C#CN(N)C=O)c2c(N)ncnc21. The van der Waals surface area contributed by atoms with Gasteiger partial charge in [-0.15, -0.1) is 0 Å². The van der Waals surface area contributed by atoms with E-state index >= 15 is 0 Å². The van der Waals surface area contributed by atoms with Gasteiger partial charge in [-0.05, 0) is 12.8 Å². The number of carbonyl (C=O) groups excluding carboxylic acids is 1. The zero-order chi connectivity index (χ0) is 22.3. The van der Waals surface area contributed by atoms with Crippen LogP contribution in [0.2, 0.25) is 0 Å². The maximum Gasteiger partial charge on any atom is 0.469 e. The van der Waals surface area contributed by atoms with Crippen LogP contribution in [0, 0.1) is 12.0 Å². The third-order valence-corrected chi connectivity index (χ3v) is 4.97. The molecule has 0 saturated carbocycles. The second-order valence-electron chi connectivity index (χ2n) is 6.64. The summed E-state index contributed by atoms with van der Waals surface area (Å²) in [6, 6.07) is 2.36. The molecule has 3 heterocycles. The number of anilines is 1. The number of aliphatic hydroxyl groups is 2. The molecule has 30 heavy (non-hydrogen) atoms. The molecule has 1 amide bonds. The highest BCUT2D eigenvalue weighted by Gasteiger charge is 2.54. The van der Waals surface area contributed by atoms with Crippen LogP contribution in [0.1, 0.15) is 18.7 Å². The Kier molecular flexibility index (Phi) is 5.83. The number of ether oxygens (including phenoxy) is 1. The van der Waals surface area contributed by atoms with Gasteiger partial charge in [-0.25, -0.2) is 25.4 Å². The molecule has 0 radical (unpaired) electrons. The first kappa shape index (κ1) is 22.1. The summed E-state index contributed by atoms with van der Waals surface area (Å²) in [6.07, 6.45) is -1.22. The minimum atomic E-state index is -4.82. The van der Waals surface area contributed by atoms with E-state index < -0.39 is 38.5 Å². The average Bonchev–Trinajstić information content (AvgIpc) is 3.14. The van der Waals surface area contributed by atoms with Crippen LogP contribution in [0.25, 0.3) is 11.0 Å². The summed E-state index contributed by atoms with van der Waals surface area (Å²) in [6.45, 7) is 0.595. The highest BCUT2D eigenvalue weighted by molar-refractivity contribution is 7.46. The molecule has 162 valence electrons. The first-order chi connectivity index (χ1) is 14.0. The van der Waals surface area contributed by atoms with Gasteiger partial charge in [0.25, 0.3) is 0 Å². The smallest absolute Gasteiger partial charge is 0.387 e. The summed E-state index contributed by atoms with van der Waals surface area (Å²) in [5, 5.41) is 22.1. The number of rotatable bonds is 5. The Morgan fingerprint density at radius 2 is 2.20 bits per heavy atom. The van der Waals surface area contributed by atoms with E-state index in [1.807, 2.05) is 0 Å². The lowest BCUT2D eigenvalue weighted by Crippen LogP contribution is -2.44. The first-order valence-corrected chi connectivity index (χ1v) is 9.86. The summed E-state index contributed by atoms with van der Waals surface area (Å²) in [7, 11) is -4.82. The largest absolute Gasteiger partial charge is 0.469 e. The number of phosphoric acid groups is 1. The monoisotopic (exact) mass is 442 g/mol. The molecule has 0 aromatic carbocycles. The normalized spacial score (nSPS) is 26.4. The quantitative estimate of drug-likeness (QED) is 0.0551. The van der Waals surface area contributed by atoms with Crippen LogP contribution in [0.4, 0.5) is 5.82 Å². The molecule has 2 aromatic heterocycles.